The van der Waals surface area contributed by atoms with E-state index in [-0.39, 0.29) is 119 Å². The van der Waals surface area contributed by atoms with Crippen LogP contribution in [0.4, 0.5) is 0 Å². The molecule has 0 radical (unpaired) electrons. The molecule has 33 nitrogen and oxygen atoms in total. The molecule has 0 aliphatic carbocycles. The van der Waals surface area contributed by atoms with Gasteiger partial charge in [-0.3, -0.25) is 67.7 Å². The van der Waals surface area contributed by atoms with Gasteiger partial charge in [-0.15, -0.1) is 0 Å². The van der Waals surface area contributed by atoms with Crippen molar-refractivity contribution in [2.45, 2.75) is 152 Å². The van der Waals surface area contributed by atoms with Crippen LogP contribution in [0.25, 0.3) is 0 Å². The van der Waals surface area contributed by atoms with E-state index >= 15 is 0 Å². The number of benzene rings is 2. The normalized spacial score (nSPS) is 21.5. The summed E-state index contributed by atoms with van der Waals surface area (Å²) in [7, 11) is 1.93. The minimum Gasteiger partial charge on any atom is -0.508 e. The largest absolute Gasteiger partial charge is 0.508 e. The average molecular weight is 1340 g/mol. The minimum atomic E-state index is -1.56. The van der Waals surface area contributed by atoms with Crippen LogP contribution in [0.5, 0.6) is 5.75 Å². The van der Waals surface area contributed by atoms with Crippen molar-refractivity contribution in [3.8, 4) is 5.75 Å². The minimum absolute atomic E-state index is 0.00568. The van der Waals surface area contributed by atoms with Gasteiger partial charge in [0.15, 0.2) is 17.9 Å². The Labute approximate surface area is 547 Å². The van der Waals surface area contributed by atoms with Gasteiger partial charge in [0.05, 0.1) is 12.6 Å². The highest BCUT2D eigenvalue weighted by Crippen LogP contribution is 2.25. The van der Waals surface area contributed by atoms with Gasteiger partial charge in [-0.2, -0.15) is 0 Å². The molecule has 2 heterocycles. The molecule has 2 aliphatic heterocycles. The Kier molecular flexibility index (Phi) is 32.3. The number of aromatic hydroxyl groups is 1. The maximum Gasteiger partial charge on any atom is 0.245 e. The van der Waals surface area contributed by atoms with Gasteiger partial charge in [0.25, 0.3) is 0 Å². The summed E-state index contributed by atoms with van der Waals surface area (Å²) in [5.41, 5.74) is 46.7. The van der Waals surface area contributed by atoms with Crippen LogP contribution in [0.3, 0.4) is 0 Å². The zero-order chi connectivity index (χ0) is 68.7. The lowest BCUT2D eigenvalue weighted by Gasteiger charge is -2.32. The summed E-state index contributed by atoms with van der Waals surface area (Å²) in [5.74, 6) is -10.8. The number of hydrogen-bond acceptors (Lipinski definition) is 18. The van der Waals surface area contributed by atoms with E-state index in [1.807, 2.05) is 0 Å². The van der Waals surface area contributed by atoms with Crippen molar-refractivity contribution in [1.82, 2.24) is 52.8 Å². The molecule has 2 aromatic rings. The summed E-state index contributed by atoms with van der Waals surface area (Å²) >= 11 is 0. The van der Waals surface area contributed by atoms with Crippen LogP contribution in [0, 0.1) is 5.92 Å². The number of fused-ring (bicyclic) bond motifs is 1. The lowest BCUT2D eigenvalue weighted by atomic mass is 9.96. The molecular formula is C58H91N21O12S2. The second-order valence-electron chi connectivity index (χ2n) is 22.4. The summed E-state index contributed by atoms with van der Waals surface area (Å²) in [6.07, 6.45) is 0.876. The summed E-state index contributed by atoms with van der Waals surface area (Å²) in [5, 5.41) is 33.4. The van der Waals surface area contributed by atoms with E-state index in [9.17, 15) is 57.8 Å². The first kappa shape index (κ1) is 76.3. The number of nitrogens with zero attached hydrogens (tertiary/aromatic N) is 4. The van der Waals surface area contributed by atoms with E-state index in [1.165, 1.54) is 24.0 Å². The number of phenols is 1. The van der Waals surface area contributed by atoms with E-state index in [2.05, 4.69) is 62.8 Å². The number of rotatable bonds is 27. The van der Waals surface area contributed by atoms with E-state index in [1.54, 1.807) is 56.3 Å². The lowest BCUT2D eigenvalue weighted by Crippen LogP contribution is -2.61. The highest BCUT2D eigenvalue weighted by molar-refractivity contribution is 8.76. The van der Waals surface area contributed by atoms with E-state index in [4.69, 9.17) is 45.9 Å². The quantitative estimate of drug-likeness (QED) is 0.0172. The first-order chi connectivity index (χ1) is 44.2. The van der Waals surface area contributed by atoms with Gasteiger partial charge in [0.1, 0.15) is 60.1 Å². The van der Waals surface area contributed by atoms with E-state index < -0.39 is 138 Å². The van der Waals surface area contributed by atoms with Crippen LogP contribution in [0.15, 0.2) is 69.6 Å². The highest BCUT2D eigenvalue weighted by Gasteiger charge is 2.41. The Morgan fingerprint density at radius 1 is 0.634 bits per heavy atom. The van der Waals surface area contributed by atoms with Crippen molar-refractivity contribution in [2.75, 3.05) is 44.2 Å². The van der Waals surface area contributed by atoms with E-state index in [0.29, 0.717) is 24.0 Å². The molecule has 2 unspecified atom stereocenters. The standard InChI is InChI=1S/C58H91N21O12S2/c1-4-31(2)45-54(90)75-39(16-10-24-69-58(65)66)55(91)79-25-11-17-43(79)53(89)76-41(46(60)82)29-92-93-30-42(52(88)74-37(14-8-22-67-56(61)62)49(85)73-38(50(86)78-45)15-9-23-68-57(63)64)77-51(87)40(27-33-12-6-5-7-13-33)72-44(81)28-70-47(83)32(3)71-48(84)36(59)26-34-18-20-35(80)21-19-34/h5-7,12-13,18-21,31-32,36-43,45,80H,4,8-11,14-17,22-30,59H2,1-3H3,(H2,60,82)(H,70,83)(H,71,84)(H,72,81)(H,73,85)(H,74,88)(H,75,90)(H,76,89)(H,77,87)(H,78,86)(H4,61,62,67)(H4,63,64,68)(H4,65,66,69)/t31-,32+,36-,37?,38?,39-,40-,41-,42-,43-,45-/m0/s1. The highest BCUT2D eigenvalue weighted by atomic mass is 33.1. The Morgan fingerprint density at radius 2 is 1.17 bits per heavy atom. The monoisotopic (exact) mass is 1340 g/mol. The fourth-order valence-corrected chi connectivity index (χ4v) is 12.1. The molecule has 11 atom stereocenters. The van der Waals surface area contributed by atoms with Gasteiger partial charge in [-0.1, -0.05) is 84.3 Å². The number of phenolic OH excluding ortho intramolecular Hbond substituents is 1. The van der Waals surface area contributed by atoms with Crippen molar-refractivity contribution >= 4 is 104 Å². The first-order valence-corrected chi connectivity index (χ1v) is 32.9. The predicted molar refractivity (Wildman–Crippen MR) is 352 cm³/mol. The van der Waals surface area contributed by atoms with Crippen LogP contribution in [0.2, 0.25) is 0 Å². The molecule has 35 heteroatoms. The Hall–Kier alpha value is -9.12. The average Bonchev–Trinajstić information content (AvgIpc) is 1.85. The number of amides is 11. The molecule has 93 heavy (non-hydrogen) atoms. The zero-order valence-corrected chi connectivity index (χ0v) is 54.1. The Bertz CT molecular complexity index is 2970. The molecule has 0 saturated carbocycles. The van der Waals surface area contributed by atoms with Crippen molar-refractivity contribution in [2.24, 2.45) is 66.8 Å². The van der Waals surface area contributed by atoms with Crippen LogP contribution in [-0.4, -0.2) is 198 Å². The fourth-order valence-electron chi connectivity index (χ4n) is 9.71. The number of carbonyl (C=O) groups is 11. The SMILES string of the molecule is CC[C@H](C)[C@@H]1NC(=O)C(CCCN=C(N)N)NC(=O)C(CCCN=C(N)N)NC(=O)[C@@H](NC(=O)[C@H](Cc2ccccc2)NC(=O)CNC(=O)[C@@H](C)NC(=O)[C@@H](N)Cc2ccc(O)cc2)CSSC[C@@H](C(N)=O)NC(=O)[C@@H]2CCCN2C(=O)[C@H](CCCN=C(N)N)NC1=O. The molecule has 0 aromatic heterocycles. The van der Waals surface area contributed by atoms with Gasteiger partial charge in [-0.25, -0.2) is 0 Å². The maximum absolute atomic E-state index is 14.9. The van der Waals surface area contributed by atoms with Crippen LogP contribution < -0.4 is 93.7 Å². The second kappa shape index (κ2) is 39.3. The molecule has 2 aliphatic rings. The van der Waals surface area contributed by atoms with Crippen LogP contribution in [-0.2, 0) is 65.6 Å². The van der Waals surface area contributed by atoms with Crippen molar-refractivity contribution in [3.63, 3.8) is 0 Å². The maximum atomic E-state index is 14.9. The molecular weight excluding hydrogens is 1250 g/mol. The molecule has 2 aromatic carbocycles. The summed E-state index contributed by atoms with van der Waals surface area (Å²) < 4.78 is 0. The number of guanidine groups is 3. The molecule has 11 amide bonds. The molecule has 4 rings (SSSR count). The summed E-state index contributed by atoms with van der Waals surface area (Å²) in [6.45, 7) is 4.29. The topological polar surface area (TPSA) is 565 Å². The predicted octanol–water partition coefficient (Wildman–Crippen LogP) is -5.40. The summed E-state index contributed by atoms with van der Waals surface area (Å²) in [6, 6.07) is 1.27. The number of aliphatic imine (C=N–C) groups is 3. The van der Waals surface area contributed by atoms with Crippen LogP contribution >= 0.6 is 21.6 Å². The van der Waals surface area contributed by atoms with Gasteiger partial charge in [0, 0.05) is 44.1 Å². The lowest BCUT2D eigenvalue weighted by molar-refractivity contribution is -0.142. The number of nitrogens with one attached hydrogen (secondary N) is 9. The molecule has 2 fully saturated rings. The molecule has 0 spiro atoms. The third-order valence-corrected chi connectivity index (χ3v) is 17.5. The molecule has 0 bridgehead atoms. The number of hydrogen-bond donors (Lipinski definition) is 18. The van der Waals surface area contributed by atoms with Gasteiger partial charge in [0.2, 0.25) is 65.0 Å². The zero-order valence-electron chi connectivity index (χ0n) is 52.4. The third-order valence-electron chi connectivity index (χ3n) is 15.0. The number of carbonyl (C=O) groups excluding carboxylic acids is 11. The van der Waals surface area contributed by atoms with Crippen molar-refractivity contribution < 1.29 is 57.8 Å². The Balaban J connectivity index is 1.74. The molecule has 512 valence electrons. The van der Waals surface area contributed by atoms with Crippen LogP contribution in [0.1, 0.15) is 89.7 Å². The summed E-state index contributed by atoms with van der Waals surface area (Å²) in [4.78, 5) is 168. The first-order valence-electron chi connectivity index (χ1n) is 30.4. The van der Waals surface area contributed by atoms with E-state index in [0.717, 1.165) is 21.6 Å². The smallest absolute Gasteiger partial charge is 0.245 e. The fraction of sp³-hybridized carbons (Fsp3) is 0.552. The molecule has 26 N–H and O–H groups in total. The second-order valence-corrected chi connectivity index (χ2v) is 25.0. The van der Waals surface area contributed by atoms with Gasteiger partial charge >= 0.3 is 0 Å². The van der Waals surface area contributed by atoms with Gasteiger partial charge < -0.3 is 104 Å². The molecule has 2 saturated heterocycles. The van der Waals surface area contributed by atoms with Crippen molar-refractivity contribution in [3.05, 3.63) is 65.7 Å². The Morgan fingerprint density at radius 3 is 1.74 bits per heavy atom. The van der Waals surface area contributed by atoms with Gasteiger partial charge in [-0.05, 0) is 93.9 Å². The number of nitrogens with two attached hydrogens (primary N) is 8. The van der Waals surface area contributed by atoms with Crippen molar-refractivity contribution in [1.29, 1.82) is 0 Å². The third kappa shape index (κ3) is 26.9. The number of primary amides is 1.